The monoisotopic (exact) mass is 284 g/mol. The Balaban J connectivity index is 2.53. The standard InChI is InChI=1S/C10H9BrN2O3/c11-8-6-7(3-5-12-8)10(16)13-4-1-2-9(14)15/h1,3-6H,2H2,(H,13,16)(H,14,15). The highest BCUT2D eigenvalue weighted by Gasteiger charge is 2.03. The molecule has 1 aromatic heterocycles. The molecule has 0 aliphatic heterocycles. The Morgan fingerprint density at radius 2 is 2.31 bits per heavy atom. The van der Waals surface area contributed by atoms with Crippen LogP contribution in [0.2, 0.25) is 0 Å². The summed E-state index contributed by atoms with van der Waals surface area (Å²) in [5.41, 5.74) is 0.446. The molecule has 2 N–H and O–H groups in total. The molecular formula is C10H9BrN2O3. The second-order valence-electron chi connectivity index (χ2n) is 2.84. The van der Waals surface area contributed by atoms with E-state index in [0.717, 1.165) is 0 Å². The minimum Gasteiger partial charge on any atom is -0.481 e. The minimum absolute atomic E-state index is 0.125. The van der Waals surface area contributed by atoms with Gasteiger partial charge in [0.1, 0.15) is 4.60 Å². The van der Waals surface area contributed by atoms with Crippen LogP contribution in [0.3, 0.4) is 0 Å². The smallest absolute Gasteiger partial charge is 0.307 e. The summed E-state index contributed by atoms with van der Waals surface area (Å²) >= 11 is 3.14. The van der Waals surface area contributed by atoms with Gasteiger partial charge in [-0.1, -0.05) is 6.08 Å². The number of nitrogens with one attached hydrogen (secondary N) is 1. The normalized spacial score (nSPS) is 10.3. The Morgan fingerprint density at radius 1 is 1.56 bits per heavy atom. The molecule has 0 aromatic carbocycles. The van der Waals surface area contributed by atoms with Crippen molar-refractivity contribution in [1.29, 1.82) is 0 Å². The second-order valence-corrected chi connectivity index (χ2v) is 3.65. The maximum Gasteiger partial charge on any atom is 0.307 e. The van der Waals surface area contributed by atoms with Crippen LogP contribution >= 0.6 is 15.9 Å². The highest BCUT2D eigenvalue weighted by atomic mass is 79.9. The Hall–Kier alpha value is -1.69. The van der Waals surface area contributed by atoms with E-state index in [1.165, 1.54) is 18.5 Å². The highest BCUT2D eigenvalue weighted by molar-refractivity contribution is 9.10. The lowest BCUT2D eigenvalue weighted by Gasteiger charge is -1.99. The molecule has 0 atom stereocenters. The largest absolute Gasteiger partial charge is 0.481 e. The van der Waals surface area contributed by atoms with E-state index in [1.807, 2.05) is 0 Å². The van der Waals surface area contributed by atoms with Crippen LogP contribution in [0.25, 0.3) is 0 Å². The fourth-order valence-corrected chi connectivity index (χ4v) is 1.29. The van der Waals surface area contributed by atoms with Gasteiger partial charge in [0.25, 0.3) is 5.91 Å². The van der Waals surface area contributed by atoms with Gasteiger partial charge in [0.15, 0.2) is 0 Å². The van der Waals surface area contributed by atoms with Gasteiger partial charge in [-0.2, -0.15) is 0 Å². The van der Waals surface area contributed by atoms with E-state index < -0.39 is 5.97 Å². The van der Waals surface area contributed by atoms with Gasteiger partial charge in [-0.15, -0.1) is 0 Å². The summed E-state index contributed by atoms with van der Waals surface area (Å²) < 4.78 is 0.565. The quantitative estimate of drug-likeness (QED) is 0.823. The molecule has 0 unspecified atom stereocenters. The molecule has 0 radical (unpaired) electrons. The zero-order chi connectivity index (χ0) is 12.0. The molecule has 0 fully saturated rings. The van der Waals surface area contributed by atoms with E-state index in [0.29, 0.717) is 10.2 Å². The summed E-state index contributed by atoms with van der Waals surface area (Å²) in [6.07, 6.45) is 4.04. The molecule has 16 heavy (non-hydrogen) atoms. The third-order valence-electron chi connectivity index (χ3n) is 1.61. The summed E-state index contributed by atoms with van der Waals surface area (Å²) in [7, 11) is 0. The number of amides is 1. The maximum atomic E-state index is 11.5. The van der Waals surface area contributed by atoms with Gasteiger partial charge in [0.05, 0.1) is 6.42 Å². The number of aromatic nitrogens is 1. The summed E-state index contributed by atoms with van der Waals surface area (Å²) in [6, 6.07) is 3.13. The Kier molecular flexibility index (Phi) is 4.65. The first-order valence-electron chi connectivity index (χ1n) is 4.39. The molecule has 1 heterocycles. The number of carboxylic acid groups (broad SMARTS) is 1. The van der Waals surface area contributed by atoms with Crippen molar-refractivity contribution in [3.05, 3.63) is 40.8 Å². The molecule has 0 saturated carbocycles. The fraction of sp³-hybridized carbons (Fsp3) is 0.100. The van der Waals surface area contributed by atoms with Crippen LogP contribution in [0.15, 0.2) is 35.2 Å². The fourth-order valence-electron chi connectivity index (χ4n) is 0.921. The molecule has 5 nitrogen and oxygen atoms in total. The number of carbonyl (C=O) groups excluding carboxylic acids is 1. The van der Waals surface area contributed by atoms with Crippen molar-refractivity contribution in [3.63, 3.8) is 0 Å². The average Bonchev–Trinajstić information content (AvgIpc) is 2.24. The third-order valence-corrected chi connectivity index (χ3v) is 2.05. The van der Waals surface area contributed by atoms with Gasteiger partial charge in [0, 0.05) is 18.0 Å². The SMILES string of the molecule is O=C(O)CC=CNC(=O)c1ccnc(Br)c1. The lowest BCUT2D eigenvalue weighted by Crippen LogP contribution is -2.17. The number of carboxylic acids is 1. The first-order valence-corrected chi connectivity index (χ1v) is 5.18. The van der Waals surface area contributed by atoms with E-state index in [4.69, 9.17) is 5.11 Å². The Morgan fingerprint density at radius 3 is 2.94 bits per heavy atom. The molecule has 6 heteroatoms. The second kappa shape index (κ2) is 6.02. The number of carbonyl (C=O) groups is 2. The van der Waals surface area contributed by atoms with Crippen molar-refractivity contribution in [1.82, 2.24) is 10.3 Å². The van der Waals surface area contributed by atoms with Crippen molar-refractivity contribution in [2.45, 2.75) is 6.42 Å². The number of aliphatic carboxylic acids is 1. The summed E-state index contributed by atoms with van der Waals surface area (Å²) in [5, 5.41) is 10.8. The molecular weight excluding hydrogens is 276 g/mol. The number of rotatable bonds is 4. The number of nitrogens with zero attached hydrogens (tertiary/aromatic N) is 1. The van der Waals surface area contributed by atoms with Gasteiger partial charge >= 0.3 is 5.97 Å². The van der Waals surface area contributed by atoms with E-state index in [2.05, 4.69) is 26.2 Å². The number of hydrogen-bond acceptors (Lipinski definition) is 3. The van der Waals surface area contributed by atoms with Crippen LogP contribution in [-0.2, 0) is 4.79 Å². The first-order chi connectivity index (χ1) is 7.59. The van der Waals surface area contributed by atoms with Crippen molar-refractivity contribution >= 4 is 27.8 Å². The van der Waals surface area contributed by atoms with Crippen molar-refractivity contribution in [2.24, 2.45) is 0 Å². The molecule has 1 amide bonds. The van der Waals surface area contributed by atoms with E-state index in [-0.39, 0.29) is 12.3 Å². The van der Waals surface area contributed by atoms with Crippen LogP contribution < -0.4 is 5.32 Å². The molecule has 1 rings (SSSR count). The van der Waals surface area contributed by atoms with E-state index >= 15 is 0 Å². The zero-order valence-electron chi connectivity index (χ0n) is 8.18. The number of pyridine rings is 1. The molecule has 0 aliphatic carbocycles. The minimum atomic E-state index is -0.947. The van der Waals surface area contributed by atoms with Crippen LogP contribution in [-0.4, -0.2) is 22.0 Å². The van der Waals surface area contributed by atoms with Crippen molar-refractivity contribution in [3.8, 4) is 0 Å². The van der Waals surface area contributed by atoms with E-state index in [9.17, 15) is 9.59 Å². The van der Waals surface area contributed by atoms with Gasteiger partial charge in [-0.25, -0.2) is 4.98 Å². The van der Waals surface area contributed by atoms with Gasteiger partial charge in [0.2, 0.25) is 0 Å². The van der Waals surface area contributed by atoms with Crippen molar-refractivity contribution < 1.29 is 14.7 Å². The summed E-state index contributed by atoms with van der Waals surface area (Å²) in [6.45, 7) is 0. The topological polar surface area (TPSA) is 79.3 Å². The van der Waals surface area contributed by atoms with Gasteiger partial charge in [-0.3, -0.25) is 9.59 Å². The van der Waals surface area contributed by atoms with Crippen LogP contribution in [0, 0.1) is 0 Å². The predicted octanol–water partition coefficient (Wildman–Crippen LogP) is 1.56. The van der Waals surface area contributed by atoms with Crippen LogP contribution in [0.5, 0.6) is 0 Å². The molecule has 0 spiro atoms. The Bertz CT molecular complexity index is 432. The number of hydrogen-bond donors (Lipinski definition) is 2. The zero-order valence-corrected chi connectivity index (χ0v) is 9.77. The molecule has 0 aliphatic rings. The molecule has 1 aromatic rings. The highest BCUT2D eigenvalue weighted by Crippen LogP contribution is 2.07. The van der Waals surface area contributed by atoms with Gasteiger partial charge < -0.3 is 10.4 Å². The predicted molar refractivity (Wildman–Crippen MR) is 60.8 cm³/mol. The van der Waals surface area contributed by atoms with Crippen LogP contribution in [0.1, 0.15) is 16.8 Å². The first kappa shape index (κ1) is 12.4. The summed E-state index contributed by atoms with van der Waals surface area (Å²) in [5.74, 6) is -1.26. The molecule has 0 saturated heterocycles. The molecule has 84 valence electrons. The summed E-state index contributed by atoms with van der Waals surface area (Å²) in [4.78, 5) is 25.5. The van der Waals surface area contributed by atoms with E-state index in [1.54, 1.807) is 12.1 Å². The lowest BCUT2D eigenvalue weighted by atomic mass is 10.2. The average molecular weight is 285 g/mol. The maximum absolute atomic E-state index is 11.5. The lowest BCUT2D eigenvalue weighted by molar-refractivity contribution is -0.136. The van der Waals surface area contributed by atoms with Gasteiger partial charge in [-0.05, 0) is 28.1 Å². The van der Waals surface area contributed by atoms with Crippen LogP contribution in [0.4, 0.5) is 0 Å². The van der Waals surface area contributed by atoms with Crippen molar-refractivity contribution in [2.75, 3.05) is 0 Å². The Labute approximate surface area is 100 Å². The number of halogens is 1. The third kappa shape index (κ3) is 4.22. The molecule has 0 bridgehead atoms.